The van der Waals surface area contributed by atoms with Crippen LogP contribution in [0.25, 0.3) is 0 Å². The van der Waals surface area contributed by atoms with E-state index in [0.29, 0.717) is 84.3 Å². The topological polar surface area (TPSA) is 223 Å². The predicted octanol–water partition coefficient (Wildman–Crippen LogP) is 6.39. The highest BCUT2D eigenvalue weighted by molar-refractivity contribution is 5.87. The Labute approximate surface area is 371 Å². The van der Waals surface area contributed by atoms with Crippen LogP contribution in [0.1, 0.15) is 155 Å². The number of nitrogens with zero attached hydrogens (tertiary/aromatic N) is 2. The lowest BCUT2D eigenvalue weighted by atomic mass is 9.98. The van der Waals surface area contributed by atoms with E-state index in [1.54, 1.807) is 92.9 Å². The molecule has 0 spiro atoms. The Morgan fingerprint density at radius 3 is 1.24 bits per heavy atom. The van der Waals surface area contributed by atoms with Crippen LogP contribution < -0.4 is 26.6 Å². The second-order valence-corrected chi connectivity index (χ2v) is 19.7. The average Bonchev–Trinajstić information content (AvgIpc) is 3.07. The van der Waals surface area contributed by atoms with Crippen molar-refractivity contribution >= 4 is 42.1 Å². The Kier molecular flexibility index (Phi) is 26.2. The van der Waals surface area contributed by atoms with Crippen LogP contribution in [0.5, 0.6) is 0 Å². The number of alkyl carbamates (subject to hydrolysis) is 2. The zero-order chi connectivity index (χ0) is 47.7. The molecule has 0 aliphatic heterocycles. The van der Waals surface area contributed by atoms with Crippen molar-refractivity contribution in [3.8, 4) is 0 Å². The van der Waals surface area contributed by atoms with Gasteiger partial charge in [0.05, 0.1) is 0 Å². The van der Waals surface area contributed by atoms with Crippen molar-refractivity contribution in [3.63, 3.8) is 0 Å². The van der Waals surface area contributed by atoms with Gasteiger partial charge in [-0.1, -0.05) is 19.3 Å². The standard InChI is InChI=1S/C44H83N7O11/c1-32(52)48-29-35(49-33(2)53)36(54)45-24-18-16-15-17-23-34(30-50(39(57)61-43(9,10)11)27-21-19-25-46-37(55)59-41(3,4)5)31-51(40(58)62-44(12,13)14)28-22-20-26-47-38(56)60-42(6,7)8/h34-35H,15-31H2,1-14H3,(H,45,54)(H,46,55)(H,47,56)(H,48,52)(H,49,53). The fraction of sp³-hybridized carbons (Fsp3) is 0.841. The van der Waals surface area contributed by atoms with Crippen LogP contribution in [0.4, 0.5) is 19.2 Å². The lowest BCUT2D eigenvalue weighted by molar-refractivity contribution is -0.128. The second kappa shape index (κ2) is 28.2. The van der Waals surface area contributed by atoms with Crippen LogP contribution in [0.3, 0.4) is 0 Å². The molecule has 0 aromatic carbocycles. The quantitative estimate of drug-likeness (QED) is 0.0499. The van der Waals surface area contributed by atoms with Gasteiger partial charge in [0, 0.05) is 66.2 Å². The monoisotopic (exact) mass is 886 g/mol. The molecule has 18 heteroatoms. The van der Waals surface area contributed by atoms with Gasteiger partial charge in [-0.25, -0.2) is 19.2 Å². The molecule has 1 atom stereocenters. The van der Waals surface area contributed by atoms with Crippen LogP contribution in [0.2, 0.25) is 0 Å². The number of nitrogens with one attached hydrogen (secondary N) is 5. The van der Waals surface area contributed by atoms with Crippen molar-refractivity contribution in [2.75, 3.05) is 52.4 Å². The summed E-state index contributed by atoms with van der Waals surface area (Å²) < 4.78 is 22.3. The summed E-state index contributed by atoms with van der Waals surface area (Å²) >= 11 is 0. The van der Waals surface area contributed by atoms with Crippen molar-refractivity contribution in [2.45, 2.75) is 183 Å². The van der Waals surface area contributed by atoms with Gasteiger partial charge in [0.15, 0.2) is 0 Å². The Balaban J connectivity index is 6.04. The van der Waals surface area contributed by atoms with Gasteiger partial charge in [-0.05, 0) is 128 Å². The third kappa shape index (κ3) is 33.2. The first-order chi connectivity index (χ1) is 28.5. The number of carbonyl (C=O) groups is 7. The van der Waals surface area contributed by atoms with Gasteiger partial charge >= 0.3 is 24.4 Å². The molecule has 0 rings (SSSR count). The fourth-order valence-corrected chi connectivity index (χ4v) is 5.84. The first-order valence-electron chi connectivity index (χ1n) is 22.1. The highest BCUT2D eigenvalue weighted by Crippen LogP contribution is 2.20. The van der Waals surface area contributed by atoms with Gasteiger partial charge in [0.25, 0.3) is 0 Å². The van der Waals surface area contributed by atoms with Gasteiger partial charge in [0.2, 0.25) is 17.7 Å². The summed E-state index contributed by atoms with van der Waals surface area (Å²) in [5.74, 6) is -1.26. The number of amides is 7. The normalized spacial score (nSPS) is 12.4. The summed E-state index contributed by atoms with van der Waals surface area (Å²) in [6.07, 6.45) is 4.01. The second-order valence-electron chi connectivity index (χ2n) is 19.7. The molecule has 1 unspecified atom stereocenters. The van der Waals surface area contributed by atoms with Crippen molar-refractivity contribution < 1.29 is 52.5 Å². The van der Waals surface area contributed by atoms with E-state index in [1.807, 2.05) is 0 Å². The number of hydrogen-bond acceptors (Lipinski definition) is 11. The Morgan fingerprint density at radius 2 is 0.855 bits per heavy atom. The molecule has 7 amide bonds. The van der Waals surface area contributed by atoms with E-state index < -0.39 is 52.8 Å². The zero-order valence-corrected chi connectivity index (χ0v) is 40.6. The van der Waals surface area contributed by atoms with Crippen LogP contribution in [0, 0.1) is 5.92 Å². The van der Waals surface area contributed by atoms with E-state index >= 15 is 0 Å². The van der Waals surface area contributed by atoms with E-state index in [-0.39, 0.29) is 30.2 Å². The smallest absolute Gasteiger partial charge is 0.410 e. The molecule has 0 aromatic heterocycles. The molecule has 18 nitrogen and oxygen atoms in total. The first kappa shape index (κ1) is 57.5. The third-order valence-corrected chi connectivity index (χ3v) is 8.39. The van der Waals surface area contributed by atoms with E-state index in [1.165, 1.54) is 13.8 Å². The van der Waals surface area contributed by atoms with E-state index in [4.69, 9.17) is 18.9 Å². The maximum absolute atomic E-state index is 13.7. The molecule has 0 aromatic rings. The van der Waals surface area contributed by atoms with Gasteiger partial charge < -0.3 is 55.3 Å². The molecule has 0 saturated carbocycles. The zero-order valence-electron chi connectivity index (χ0n) is 40.6. The number of hydrogen-bond donors (Lipinski definition) is 5. The molecule has 0 radical (unpaired) electrons. The van der Waals surface area contributed by atoms with E-state index in [2.05, 4.69) is 26.6 Å². The maximum Gasteiger partial charge on any atom is 0.410 e. The SMILES string of the molecule is CC(=O)NCC(NC(C)=O)C(=O)NCCCCCCC(CN(CCCCNC(=O)OC(C)(C)C)C(=O)OC(C)(C)C)CN(CCCCNC(=O)OC(C)(C)C)C(=O)OC(C)(C)C. The van der Waals surface area contributed by atoms with E-state index in [9.17, 15) is 33.6 Å². The average molecular weight is 886 g/mol. The van der Waals surface area contributed by atoms with Crippen LogP contribution >= 0.6 is 0 Å². The summed E-state index contributed by atoms with van der Waals surface area (Å²) in [5, 5.41) is 13.5. The lowest BCUT2D eigenvalue weighted by Crippen LogP contribution is -2.52. The molecule has 0 aliphatic carbocycles. The fourth-order valence-electron chi connectivity index (χ4n) is 5.84. The third-order valence-electron chi connectivity index (χ3n) is 8.39. The molecule has 0 bridgehead atoms. The predicted molar refractivity (Wildman–Crippen MR) is 238 cm³/mol. The van der Waals surface area contributed by atoms with Gasteiger partial charge in [0.1, 0.15) is 28.4 Å². The minimum Gasteiger partial charge on any atom is -0.444 e. The van der Waals surface area contributed by atoms with Gasteiger partial charge in [-0.15, -0.1) is 0 Å². The van der Waals surface area contributed by atoms with Crippen LogP contribution in [-0.2, 0) is 33.3 Å². The van der Waals surface area contributed by atoms with Crippen molar-refractivity contribution in [1.29, 1.82) is 0 Å². The van der Waals surface area contributed by atoms with Gasteiger partial charge in [-0.2, -0.15) is 0 Å². The van der Waals surface area contributed by atoms with Crippen LogP contribution in [0.15, 0.2) is 0 Å². The molecule has 0 aliphatic rings. The molecule has 0 heterocycles. The Morgan fingerprint density at radius 1 is 0.468 bits per heavy atom. The number of unbranched alkanes of at least 4 members (excludes halogenated alkanes) is 5. The summed E-state index contributed by atoms with van der Waals surface area (Å²) in [5.41, 5.74) is -2.75. The van der Waals surface area contributed by atoms with Crippen molar-refractivity contribution in [3.05, 3.63) is 0 Å². The maximum atomic E-state index is 13.7. The minimum atomic E-state index is -0.888. The number of carbonyl (C=O) groups excluding carboxylic acids is 7. The van der Waals surface area contributed by atoms with Crippen molar-refractivity contribution in [2.24, 2.45) is 5.92 Å². The molecular weight excluding hydrogens is 803 g/mol. The van der Waals surface area contributed by atoms with Crippen molar-refractivity contribution in [1.82, 2.24) is 36.4 Å². The number of ether oxygens (including phenoxy) is 4. The highest BCUT2D eigenvalue weighted by Gasteiger charge is 2.29. The molecule has 0 fully saturated rings. The van der Waals surface area contributed by atoms with Crippen LogP contribution in [-0.4, -0.2) is 133 Å². The summed E-state index contributed by atoms with van der Waals surface area (Å²) in [6.45, 7) is 26.6. The molecular formula is C44H83N7O11. The van der Waals surface area contributed by atoms with E-state index in [0.717, 1.165) is 19.3 Å². The molecule has 0 saturated heterocycles. The summed E-state index contributed by atoms with van der Waals surface area (Å²) in [6, 6.07) is -0.888. The van der Waals surface area contributed by atoms with Gasteiger partial charge in [-0.3, -0.25) is 14.4 Å². The molecule has 5 N–H and O–H groups in total. The molecule has 62 heavy (non-hydrogen) atoms. The molecule has 360 valence electrons. The Bertz CT molecular complexity index is 1330. The number of rotatable bonds is 25. The summed E-state index contributed by atoms with van der Waals surface area (Å²) in [7, 11) is 0. The largest absolute Gasteiger partial charge is 0.444 e. The summed E-state index contributed by atoms with van der Waals surface area (Å²) in [4.78, 5) is 90.8. The highest BCUT2D eigenvalue weighted by atomic mass is 16.6. The minimum absolute atomic E-state index is 0.0191. The Hall–Kier alpha value is -4.51. The lowest BCUT2D eigenvalue weighted by Gasteiger charge is -2.34. The first-order valence-corrected chi connectivity index (χ1v) is 22.1.